The van der Waals surface area contributed by atoms with E-state index in [1.807, 2.05) is 49.2 Å². The maximum atomic E-state index is 11.9. The highest BCUT2D eigenvalue weighted by molar-refractivity contribution is 5.89. The lowest BCUT2D eigenvalue weighted by atomic mass is 10.2. The Labute approximate surface area is 120 Å². The minimum Gasteiger partial charge on any atom is -0.365 e. The van der Waals surface area contributed by atoms with E-state index in [2.05, 4.69) is 10.6 Å². The van der Waals surface area contributed by atoms with Gasteiger partial charge in [0.1, 0.15) is 6.04 Å². The maximum Gasteiger partial charge on any atom is 0.242 e. The van der Waals surface area contributed by atoms with Crippen molar-refractivity contribution < 1.29 is 9.59 Å². The zero-order valence-electron chi connectivity index (χ0n) is 12.3. The Bertz CT molecular complexity index is 434. The van der Waals surface area contributed by atoms with E-state index in [0.717, 1.165) is 12.1 Å². The number of benzene rings is 1. The van der Waals surface area contributed by atoms with Crippen LogP contribution in [-0.4, -0.2) is 38.0 Å². The average Bonchev–Trinajstić information content (AvgIpc) is 2.45. The molecule has 0 fully saturated rings. The van der Waals surface area contributed by atoms with Crippen LogP contribution in [0.4, 0.5) is 5.69 Å². The highest BCUT2D eigenvalue weighted by Crippen LogP contribution is 2.09. The fourth-order valence-corrected chi connectivity index (χ4v) is 1.74. The van der Waals surface area contributed by atoms with Crippen molar-refractivity contribution in [3.05, 3.63) is 30.3 Å². The van der Waals surface area contributed by atoms with Crippen LogP contribution in [0.3, 0.4) is 0 Å². The average molecular weight is 277 g/mol. The van der Waals surface area contributed by atoms with Gasteiger partial charge in [0.2, 0.25) is 11.8 Å². The standard InChI is InChI=1S/C15H23N3O2/c1-4-10-16-15(20)12(2)17-14(19)11-18(3)13-8-6-5-7-9-13/h5-9,12H,4,10-11H2,1-3H3,(H,16,20)(H,17,19)/t12-/m0/s1. The van der Waals surface area contributed by atoms with Crippen molar-refractivity contribution in [3.8, 4) is 0 Å². The molecule has 110 valence electrons. The van der Waals surface area contributed by atoms with E-state index in [9.17, 15) is 9.59 Å². The van der Waals surface area contributed by atoms with Crippen molar-refractivity contribution in [2.75, 3.05) is 25.0 Å². The summed E-state index contributed by atoms with van der Waals surface area (Å²) in [6.45, 7) is 4.52. The molecule has 5 nitrogen and oxygen atoms in total. The molecule has 1 aromatic carbocycles. The van der Waals surface area contributed by atoms with Gasteiger partial charge in [-0.3, -0.25) is 9.59 Å². The van der Waals surface area contributed by atoms with E-state index >= 15 is 0 Å². The van der Waals surface area contributed by atoms with Crippen LogP contribution in [0.15, 0.2) is 30.3 Å². The summed E-state index contributed by atoms with van der Waals surface area (Å²) in [7, 11) is 1.84. The van der Waals surface area contributed by atoms with Gasteiger partial charge in [-0.15, -0.1) is 0 Å². The largest absolute Gasteiger partial charge is 0.365 e. The maximum absolute atomic E-state index is 11.9. The van der Waals surface area contributed by atoms with Crippen LogP contribution in [0.5, 0.6) is 0 Å². The number of hydrogen-bond acceptors (Lipinski definition) is 3. The van der Waals surface area contributed by atoms with Gasteiger partial charge >= 0.3 is 0 Å². The third kappa shape index (κ3) is 5.30. The van der Waals surface area contributed by atoms with Gasteiger partial charge in [0.05, 0.1) is 6.54 Å². The first-order valence-electron chi connectivity index (χ1n) is 6.87. The quantitative estimate of drug-likeness (QED) is 0.786. The van der Waals surface area contributed by atoms with E-state index in [0.29, 0.717) is 6.54 Å². The van der Waals surface area contributed by atoms with Gasteiger partial charge in [-0.25, -0.2) is 0 Å². The molecular weight excluding hydrogens is 254 g/mol. The van der Waals surface area contributed by atoms with Gasteiger partial charge in [-0.05, 0) is 25.5 Å². The van der Waals surface area contributed by atoms with E-state index in [-0.39, 0.29) is 18.4 Å². The molecular formula is C15H23N3O2. The topological polar surface area (TPSA) is 61.4 Å². The molecule has 0 aliphatic carbocycles. The first-order chi connectivity index (χ1) is 9.54. The Hall–Kier alpha value is -2.04. The molecule has 1 atom stereocenters. The van der Waals surface area contributed by atoms with Crippen LogP contribution < -0.4 is 15.5 Å². The Morgan fingerprint density at radius 1 is 1.25 bits per heavy atom. The second-order valence-electron chi connectivity index (χ2n) is 4.77. The van der Waals surface area contributed by atoms with Crippen molar-refractivity contribution >= 4 is 17.5 Å². The minimum absolute atomic E-state index is 0.150. The van der Waals surface area contributed by atoms with Gasteiger partial charge in [-0.1, -0.05) is 25.1 Å². The number of nitrogens with zero attached hydrogens (tertiary/aromatic N) is 1. The summed E-state index contributed by atoms with van der Waals surface area (Å²) in [4.78, 5) is 25.4. The van der Waals surface area contributed by atoms with Crippen molar-refractivity contribution in [3.63, 3.8) is 0 Å². The summed E-state index contributed by atoms with van der Waals surface area (Å²) < 4.78 is 0. The molecule has 0 bridgehead atoms. The molecule has 0 aliphatic rings. The van der Waals surface area contributed by atoms with Crippen molar-refractivity contribution in [1.82, 2.24) is 10.6 Å². The molecule has 0 heterocycles. The van der Waals surface area contributed by atoms with E-state index in [4.69, 9.17) is 0 Å². The first-order valence-corrected chi connectivity index (χ1v) is 6.87. The van der Waals surface area contributed by atoms with Gasteiger partial charge in [-0.2, -0.15) is 0 Å². The molecule has 0 radical (unpaired) electrons. The van der Waals surface area contributed by atoms with Crippen LogP contribution in [-0.2, 0) is 9.59 Å². The molecule has 0 aromatic heterocycles. The second kappa shape index (κ2) is 8.19. The van der Waals surface area contributed by atoms with Gasteiger partial charge in [0.15, 0.2) is 0 Å². The molecule has 1 aromatic rings. The summed E-state index contributed by atoms with van der Waals surface area (Å²) >= 11 is 0. The second-order valence-corrected chi connectivity index (χ2v) is 4.77. The third-order valence-corrected chi connectivity index (χ3v) is 2.90. The number of rotatable bonds is 7. The fraction of sp³-hybridized carbons (Fsp3) is 0.467. The van der Waals surface area contributed by atoms with Crippen molar-refractivity contribution in [1.29, 1.82) is 0 Å². The molecule has 0 spiro atoms. The molecule has 2 amide bonds. The van der Waals surface area contributed by atoms with Gasteiger partial charge in [0.25, 0.3) is 0 Å². The highest BCUT2D eigenvalue weighted by Gasteiger charge is 2.15. The number of carbonyl (C=O) groups excluding carboxylic acids is 2. The third-order valence-electron chi connectivity index (χ3n) is 2.90. The van der Waals surface area contributed by atoms with E-state index in [1.165, 1.54) is 0 Å². The number of likely N-dealkylation sites (N-methyl/N-ethyl adjacent to an activating group) is 1. The molecule has 1 rings (SSSR count). The predicted molar refractivity (Wildman–Crippen MR) is 80.6 cm³/mol. The first kappa shape index (κ1) is 16.0. The lowest BCUT2D eigenvalue weighted by Crippen LogP contribution is -2.47. The van der Waals surface area contributed by atoms with Gasteiger partial charge < -0.3 is 15.5 Å². The van der Waals surface area contributed by atoms with Crippen LogP contribution in [0.2, 0.25) is 0 Å². The van der Waals surface area contributed by atoms with Crippen LogP contribution in [0.25, 0.3) is 0 Å². The number of carbonyl (C=O) groups is 2. The Balaban J connectivity index is 2.41. The number of hydrogen-bond donors (Lipinski definition) is 2. The van der Waals surface area contributed by atoms with Gasteiger partial charge in [0, 0.05) is 19.3 Å². The number of para-hydroxylation sites is 1. The van der Waals surface area contributed by atoms with Crippen molar-refractivity contribution in [2.45, 2.75) is 26.3 Å². The molecule has 2 N–H and O–H groups in total. The summed E-state index contributed by atoms with van der Waals surface area (Å²) in [6.07, 6.45) is 0.878. The Morgan fingerprint density at radius 3 is 2.50 bits per heavy atom. The monoisotopic (exact) mass is 277 g/mol. The highest BCUT2D eigenvalue weighted by atomic mass is 16.2. The zero-order chi connectivity index (χ0) is 15.0. The normalized spacial score (nSPS) is 11.6. The minimum atomic E-state index is -0.516. The molecule has 0 saturated carbocycles. The summed E-state index contributed by atoms with van der Waals surface area (Å²) in [6, 6.07) is 9.13. The molecule has 5 heteroatoms. The lowest BCUT2D eigenvalue weighted by Gasteiger charge is -2.20. The predicted octanol–water partition coefficient (Wildman–Crippen LogP) is 1.15. The van der Waals surface area contributed by atoms with Crippen LogP contribution in [0.1, 0.15) is 20.3 Å². The SMILES string of the molecule is CCCNC(=O)[C@H](C)NC(=O)CN(C)c1ccccc1. The summed E-state index contributed by atoms with van der Waals surface area (Å²) in [5, 5.41) is 5.45. The number of amides is 2. The lowest BCUT2D eigenvalue weighted by molar-refractivity contribution is -0.127. The number of nitrogens with one attached hydrogen (secondary N) is 2. The summed E-state index contributed by atoms with van der Waals surface area (Å²) in [5.41, 5.74) is 0.964. The Kier molecular flexibility index (Phi) is 6.56. The smallest absolute Gasteiger partial charge is 0.242 e. The molecule has 0 aliphatic heterocycles. The van der Waals surface area contributed by atoms with Crippen molar-refractivity contribution in [2.24, 2.45) is 0 Å². The van der Waals surface area contributed by atoms with E-state index < -0.39 is 6.04 Å². The Morgan fingerprint density at radius 2 is 1.90 bits per heavy atom. The van der Waals surface area contributed by atoms with Crippen LogP contribution >= 0.6 is 0 Å². The molecule has 20 heavy (non-hydrogen) atoms. The number of anilines is 1. The molecule has 0 unspecified atom stereocenters. The molecule has 0 saturated heterocycles. The summed E-state index contributed by atoms with van der Waals surface area (Å²) in [5.74, 6) is -0.321. The van der Waals surface area contributed by atoms with E-state index in [1.54, 1.807) is 6.92 Å². The fourth-order valence-electron chi connectivity index (χ4n) is 1.74. The van der Waals surface area contributed by atoms with Crippen LogP contribution in [0, 0.1) is 0 Å². The zero-order valence-corrected chi connectivity index (χ0v) is 12.3.